The van der Waals surface area contributed by atoms with Crippen LogP contribution in [0.25, 0.3) is 0 Å². The number of carboxylic acids is 1. The lowest BCUT2D eigenvalue weighted by Gasteiger charge is -2.26. The van der Waals surface area contributed by atoms with Gasteiger partial charge in [-0.05, 0) is 36.0 Å². The van der Waals surface area contributed by atoms with Crippen LogP contribution in [0.1, 0.15) is 21.8 Å². The molecule has 2 aromatic rings. The molecule has 2 aromatic heterocycles. The van der Waals surface area contributed by atoms with Gasteiger partial charge in [0.2, 0.25) is 5.28 Å². The highest BCUT2D eigenvalue weighted by atomic mass is 35.5. The second-order valence-electron chi connectivity index (χ2n) is 6.07. The fraction of sp³-hybridized carbons (Fsp3) is 0.471. The molecular formula is C17H22ClN5O3S. The van der Waals surface area contributed by atoms with Crippen molar-refractivity contribution >= 4 is 40.4 Å². The van der Waals surface area contributed by atoms with Gasteiger partial charge in [-0.25, -0.2) is 14.8 Å². The quantitative estimate of drug-likeness (QED) is 0.427. The third-order valence-electron chi connectivity index (χ3n) is 4.13. The second-order valence-corrected chi connectivity index (χ2v) is 7.32. The molecular weight excluding hydrogens is 390 g/mol. The van der Waals surface area contributed by atoms with Gasteiger partial charge in [0.15, 0.2) is 0 Å². The van der Waals surface area contributed by atoms with Crippen molar-refractivity contribution < 1.29 is 14.6 Å². The van der Waals surface area contributed by atoms with Gasteiger partial charge in [-0.2, -0.15) is 0 Å². The average molecular weight is 412 g/mol. The Morgan fingerprint density at radius 1 is 1.33 bits per heavy atom. The van der Waals surface area contributed by atoms with Crippen molar-refractivity contribution in [3.63, 3.8) is 0 Å². The summed E-state index contributed by atoms with van der Waals surface area (Å²) in [4.78, 5) is 22.2. The minimum atomic E-state index is -0.948. The number of ether oxygens (including phenoxy) is 1. The summed E-state index contributed by atoms with van der Waals surface area (Å²) >= 11 is 7.20. The third-order valence-corrected chi connectivity index (χ3v) is 5.20. The lowest BCUT2D eigenvalue weighted by atomic mass is 10.3. The molecule has 1 aliphatic heterocycles. The number of nitrogens with zero attached hydrogens (tertiary/aromatic N) is 3. The Bertz CT molecular complexity index is 767. The van der Waals surface area contributed by atoms with E-state index in [1.54, 1.807) is 11.4 Å². The zero-order valence-electron chi connectivity index (χ0n) is 14.8. The number of hydrogen-bond acceptors (Lipinski definition) is 8. The van der Waals surface area contributed by atoms with E-state index < -0.39 is 5.97 Å². The highest BCUT2D eigenvalue weighted by Gasteiger charge is 2.12. The van der Waals surface area contributed by atoms with E-state index >= 15 is 0 Å². The second kappa shape index (κ2) is 9.84. The average Bonchev–Trinajstić information content (AvgIpc) is 3.13. The molecule has 3 N–H and O–H groups in total. The van der Waals surface area contributed by atoms with Crippen LogP contribution in [0.2, 0.25) is 5.28 Å². The number of thiophene rings is 1. The number of anilines is 2. The van der Waals surface area contributed by atoms with Crippen LogP contribution in [0.4, 0.5) is 11.5 Å². The normalized spacial score (nSPS) is 14.9. The lowest BCUT2D eigenvalue weighted by molar-refractivity contribution is 0.0378. The van der Waals surface area contributed by atoms with Crippen LogP contribution < -0.4 is 10.6 Å². The molecule has 0 unspecified atom stereocenters. The van der Waals surface area contributed by atoms with E-state index in [2.05, 4.69) is 25.5 Å². The van der Waals surface area contributed by atoms with Crippen molar-refractivity contribution in [1.82, 2.24) is 14.9 Å². The van der Waals surface area contributed by atoms with Gasteiger partial charge in [-0.15, -0.1) is 11.3 Å². The first kappa shape index (κ1) is 19.8. The van der Waals surface area contributed by atoms with E-state index in [-0.39, 0.29) is 10.2 Å². The first-order valence-corrected chi connectivity index (χ1v) is 9.99. The van der Waals surface area contributed by atoms with E-state index in [9.17, 15) is 4.79 Å². The molecule has 10 heteroatoms. The van der Waals surface area contributed by atoms with E-state index in [4.69, 9.17) is 21.4 Å². The van der Waals surface area contributed by atoms with Gasteiger partial charge in [0.25, 0.3) is 0 Å². The number of hydrogen-bond donors (Lipinski definition) is 3. The van der Waals surface area contributed by atoms with Crippen LogP contribution in [-0.4, -0.2) is 65.3 Å². The van der Waals surface area contributed by atoms with Crippen molar-refractivity contribution in [2.45, 2.75) is 13.0 Å². The summed E-state index contributed by atoms with van der Waals surface area (Å²) in [7, 11) is 0. The molecule has 0 amide bonds. The van der Waals surface area contributed by atoms with Gasteiger partial charge >= 0.3 is 5.97 Å². The maximum absolute atomic E-state index is 11.2. The zero-order valence-corrected chi connectivity index (χ0v) is 16.4. The van der Waals surface area contributed by atoms with Crippen molar-refractivity contribution in [2.75, 3.05) is 50.0 Å². The minimum absolute atomic E-state index is 0.161. The number of halogens is 1. The summed E-state index contributed by atoms with van der Waals surface area (Å²) in [5, 5.41) is 17.4. The molecule has 0 saturated carbocycles. The van der Waals surface area contributed by atoms with E-state index in [0.29, 0.717) is 23.7 Å². The Hall–Kier alpha value is -1.94. The largest absolute Gasteiger partial charge is 0.477 e. The monoisotopic (exact) mass is 411 g/mol. The minimum Gasteiger partial charge on any atom is -0.477 e. The van der Waals surface area contributed by atoms with E-state index in [0.717, 1.165) is 45.8 Å². The molecule has 0 atom stereocenters. The standard InChI is InChI=1S/C17H22ClN5O3S/c18-17-21-12(11-20-13-2-9-27-15(13)16(24)25)10-14(22-17)19-3-1-4-23-5-7-26-8-6-23/h2,9-10,20H,1,3-8,11H2,(H,24,25)(H,19,21,22). The van der Waals surface area contributed by atoms with Gasteiger partial charge in [0, 0.05) is 25.7 Å². The number of nitrogens with one attached hydrogen (secondary N) is 2. The van der Waals surface area contributed by atoms with Gasteiger partial charge in [0.1, 0.15) is 10.7 Å². The number of morpholine rings is 1. The first-order chi connectivity index (χ1) is 13.1. The lowest BCUT2D eigenvalue weighted by Crippen LogP contribution is -2.37. The molecule has 27 heavy (non-hydrogen) atoms. The molecule has 0 bridgehead atoms. The predicted molar refractivity (Wildman–Crippen MR) is 106 cm³/mol. The summed E-state index contributed by atoms with van der Waals surface area (Å²) in [6.45, 7) is 5.73. The molecule has 1 aliphatic rings. The summed E-state index contributed by atoms with van der Waals surface area (Å²) in [5.41, 5.74) is 1.26. The topological polar surface area (TPSA) is 99.6 Å². The van der Waals surface area contributed by atoms with Gasteiger partial charge in [0.05, 0.1) is 31.1 Å². The van der Waals surface area contributed by atoms with Crippen molar-refractivity contribution in [3.05, 3.63) is 33.4 Å². The van der Waals surface area contributed by atoms with Crippen LogP contribution in [0.3, 0.4) is 0 Å². The molecule has 8 nitrogen and oxygen atoms in total. The Kier molecular flexibility index (Phi) is 7.22. The number of aromatic carboxylic acids is 1. The fourth-order valence-electron chi connectivity index (χ4n) is 2.79. The van der Waals surface area contributed by atoms with Crippen LogP contribution in [0.15, 0.2) is 17.5 Å². The Labute approximate surface area is 166 Å². The predicted octanol–water partition coefficient (Wildman–Crippen LogP) is 2.64. The van der Waals surface area contributed by atoms with E-state index in [1.807, 2.05) is 6.07 Å². The number of rotatable bonds is 9. The molecule has 0 aromatic carbocycles. The van der Waals surface area contributed by atoms with Crippen LogP contribution in [0.5, 0.6) is 0 Å². The SMILES string of the molecule is O=C(O)c1sccc1NCc1cc(NCCCN2CCOCC2)nc(Cl)n1. The summed E-state index contributed by atoms with van der Waals surface area (Å²) in [6, 6.07) is 3.56. The summed E-state index contributed by atoms with van der Waals surface area (Å²) in [6.07, 6.45) is 0.992. The maximum atomic E-state index is 11.2. The summed E-state index contributed by atoms with van der Waals surface area (Å²) < 4.78 is 5.35. The molecule has 3 rings (SSSR count). The number of carboxylic acid groups (broad SMARTS) is 1. The van der Waals surface area contributed by atoms with Gasteiger partial charge in [-0.3, -0.25) is 4.90 Å². The molecule has 1 saturated heterocycles. The Morgan fingerprint density at radius 3 is 2.93 bits per heavy atom. The molecule has 3 heterocycles. The zero-order chi connectivity index (χ0) is 19.1. The highest BCUT2D eigenvalue weighted by Crippen LogP contribution is 2.23. The van der Waals surface area contributed by atoms with Crippen molar-refractivity contribution in [1.29, 1.82) is 0 Å². The number of aromatic nitrogens is 2. The Morgan fingerprint density at radius 2 is 2.15 bits per heavy atom. The van der Waals surface area contributed by atoms with E-state index in [1.165, 1.54) is 11.3 Å². The van der Waals surface area contributed by atoms with Crippen LogP contribution >= 0.6 is 22.9 Å². The Balaban J connectivity index is 1.49. The maximum Gasteiger partial charge on any atom is 0.348 e. The number of carbonyl (C=O) groups is 1. The molecule has 0 spiro atoms. The third kappa shape index (κ3) is 6.03. The highest BCUT2D eigenvalue weighted by molar-refractivity contribution is 7.12. The van der Waals surface area contributed by atoms with Gasteiger partial charge in [-0.1, -0.05) is 0 Å². The molecule has 1 fully saturated rings. The first-order valence-electron chi connectivity index (χ1n) is 8.74. The fourth-order valence-corrected chi connectivity index (χ4v) is 3.70. The van der Waals surface area contributed by atoms with Crippen LogP contribution in [-0.2, 0) is 11.3 Å². The molecule has 146 valence electrons. The van der Waals surface area contributed by atoms with Crippen LogP contribution in [0, 0.1) is 0 Å². The smallest absolute Gasteiger partial charge is 0.348 e. The van der Waals surface area contributed by atoms with Gasteiger partial charge < -0.3 is 20.5 Å². The van der Waals surface area contributed by atoms with Crippen molar-refractivity contribution in [3.8, 4) is 0 Å². The molecule has 0 aliphatic carbocycles. The summed E-state index contributed by atoms with van der Waals surface area (Å²) in [5.74, 6) is -0.284. The molecule has 0 radical (unpaired) electrons. The van der Waals surface area contributed by atoms with Crippen molar-refractivity contribution in [2.24, 2.45) is 0 Å².